The van der Waals surface area contributed by atoms with Crippen molar-refractivity contribution in [1.82, 2.24) is 24.1 Å². The number of hydrogen-bond acceptors (Lipinski definition) is 4. The molecule has 0 saturated carbocycles. The molecule has 0 unspecified atom stereocenters. The number of furan rings is 1. The van der Waals surface area contributed by atoms with E-state index in [9.17, 15) is 0 Å². The molecule has 6 heteroatoms. The van der Waals surface area contributed by atoms with E-state index in [1.165, 1.54) is 21.9 Å². The molecule has 4 heterocycles. The Bertz CT molecular complexity index is 3830. The lowest BCUT2D eigenvalue weighted by molar-refractivity contribution is 0.670. The Hall–Kier alpha value is -8.61. The number of para-hydroxylation sites is 4. The smallest absolute Gasteiger partial charge is 0.164 e. The zero-order valence-electron chi connectivity index (χ0n) is 33.9. The summed E-state index contributed by atoms with van der Waals surface area (Å²) in [5.74, 6) is 1.86. The van der Waals surface area contributed by atoms with Crippen LogP contribution in [0.3, 0.4) is 0 Å². The van der Waals surface area contributed by atoms with E-state index in [0.29, 0.717) is 17.5 Å². The van der Waals surface area contributed by atoms with Crippen molar-refractivity contribution in [3.63, 3.8) is 0 Å². The number of benzene rings is 9. The molecule has 13 aromatic rings. The quantitative estimate of drug-likeness (QED) is 0.168. The maximum absolute atomic E-state index is 7.30. The maximum atomic E-state index is 7.30. The van der Waals surface area contributed by atoms with Gasteiger partial charge in [0.05, 0.1) is 33.1 Å². The summed E-state index contributed by atoms with van der Waals surface area (Å²) < 4.78 is 12.0. The van der Waals surface area contributed by atoms with Crippen LogP contribution in [0.25, 0.3) is 122 Å². The predicted molar refractivity (Wildman–Crippen MR) is 258 cm³/mol. The lowest BCUT2D eigenvalue weighted by Crippen LogP contribution is -2.00. The number of nitrogens with zero attached hydrogens (tertiary/aromatic N) is 5. The zero-order chi connectivity index (χ0) is 41.4. The Morgan fingerprint density at radius 3 is 1.60 bits per heavy atom. The van der Waals surface area contributed by atoms with E-state index in [2.05, 4.69) is 161 Å². The first-order chi connectivity index (χ1) is 31.3. The Morgan fingerprint density at radius 2 is 0.889 bits per heavy atom. The first kappa shape index (κ1) is 35.2. The van der Waals surface area contributed by atoms with Crippen LogP contribution in [0, 0.1) is 0 Å². The molecule has 0 amide bonds. The van der Waals surface area contributed by atoms with Gasteiger partial charge in [-0.05, 0) is 48.0 Å². The highest BCUT2D eigenvalue weighted by atomic mass is 16.3. The zero-order valence-corrected chi connectivity index (χ0v) is 33.9. The fourth-order valence-corrected chi connectivity index (χ4v) is 9.57. The monoisotopic (exact) mass is 805 g/mol. The second-order valence-corrected chi connectivity index (χ2v) is 16.0. The van der Waals surface area contributed by atoms with Gasteiger partial charge in [0, 0.05) is 54.9 Å². The molecule has 0 N–H and O–H groups in total. The van der Waals surface area contributed by atoms with Gasteiger partial charge in [-0.3, -0.25) is 0 Å². The molecule has 6 nitrogen and oxygen atoms in total. The molecule has 0 saturated heterocycles. The minimum absolute atomic E-state index is 0.606. The van der Waals surface area contributed by atoms with Gasteiger partial charge in [-0.1, -0.05) is 170 Å². The number of hydrogen-bond donors (Lipinski definition) is 0. The van der Waals surface area contributed by atoms with Gasteiger partial charge in [0.1, 0.15) is 5.58 Å². The molecule has 9 aromatic carbocycles. The standard InChI is InChI=1S/C57H35N5O/c1-5-17-36(18-6-1)41-26-15-27-43-42-25-13-14-29-47(42)62(52(41)43)49-30-16-28-44-45-33-34-48-51(54(45)63-53(44)49)46-32-31-39(35-50(46)61(48)40-23-11-4-12-24-40)57-59-55(37-19-7-2-8-20-37)58-56(60-57)38-21-9-3-10-22-38/h1-35H. The molecule has 0 fully saturated rings. The molecular formula is C57H35N5O. The van der Waals surface area contributed by atoms with Crippen molar-refractivity contribution in [2.75, 3.05) is 0 Å². The summed E-state index contributed by atoms with van der Waals surface area (Å²) >= 11 is 0. The first-order valence-corrected chi connectivity index (χ1v) is 21.2. The van der Waals surface area contributed by atoms with Gasteiger partial charge >= 0.3 is 0 Å². The molecule has 294 valence electrons. The summed E-state index contributed by atoms with van der Waals surface area (Å²) in [7, 11) is 0. The second-order valence-electron chi connectivity index (χ2n) is 16.0. The molecule has 0 spiro atoms. The molecule has 63 heavy (non-hydrogen) atoms. The van der Waals surface area contributed by atoms with Gasteiger partial charge in [0.25, 0.3) is 0 Å². The summed E-state index contributed by atoms with van der Waals surface area (Å²) in [6.07, 6.45) is 0. The third-order valence-corrected chi connectivity index (χ3v) is 12.4. The molecule has 13 rings (SSSR count). The molecular weight excluding hydrogens is 771 g/mol. The van der Waals surface area contributed by atoms with Crippen molar-refractivity contribution in [3.05, 3.63) is 212 Å². The van der Waals surface area contributed by atoms with Crippen molar-refractivity contribution in [2.45, 2.75) is 0 Å². The topological polar surface area (TPSA) is 61.7 Å². The normalized spacial score (nSPS) is 11.8. The Morgan fingerprint density at radius 1 is 0.333 bits per heavy atom. The van der Waals surface area contributed by atoms with Crippen LogP contribution in [0.1, 0.15) is 0 Å². The van der Waals surface area contributed by atoms with Crippen molar-refractivity contribution in [2.24, 2.45) is 0 Å². The number of fused-ring (bicyclic) bond motifs is 10. The van der Waals surface area contributed by atoms with E-state index in [0.717, 1.165) is 82.8 Å². The van der Waals surface area contributed by atoms with Gasteiger partial charge < -0.3 is 13.6 Å². The summed E-state index contributed by atoms with van der Waals surface area (Å²) in [6, 6.07) is 74.3. The van der Waals surface area contributed by atoms with Gasteiger partial charge in [-0.25, -0.2) is 15.0 Å². The van der Waals surface area contributed by atoms with Gasteiger partial charge in [-0.15, -0.1) is 0 Å². The van der Waals surface area contributed by atoms with Crippen molar-refractivity contribution >= 4 is 65.6 Å². The van der Waals surface area contributed by atoms with E-state index in [1.54, 1.807) is 0 Å². The fraction of sp³-hybridized carbons (Fsp3) is 0. The van der Waals surface area contributed by atoms with Crippen molar-refractivity contribution in [1.29, 1.82) is 0 Å². The average molecular weight is 806 g/mol. The van der Waals surface area contributed by atoms with Crippen molar-refractivity contribution in [3.8, 4) is 56.7 Å². The molecule has 0 radical (unpaired) electrons. The van der Waals surface area contributed by atoms with Crippen LogP contribution in [0.2, 0.25) is 0 Å². The minimum atomic E-state index is 0.606. The molecule has 0 bridgehead atoms. The van der Waals surface area contributed by atoms with E-state index < -0.39 is 0 Å². The van der Waals surface area contributed by atoms with E-state index in [-0.39, 0.29) is 0 Å². The fourth-order valence-electron chi connectivity index (χ4n) is 9.57. The molecule has 0 atom stereocenters. The van der Waals surface area contributed by atoms with Crippen molar-refractivity contribution < 1.29 is 4.42 Å². The van der Waals surface area contributed by atoms with Gasteiger partial charge in [0.15, 0.2) is 23.1 Å². The van der Waals surface area contributed by atoms with Crippen LogP contribution in [0.4, 0.5) is 0 Å². The van der Waals surface area contributed by atoms with Crippen LogP contribution < -0.4 is 0 Å². The molecule has 4 aromatic heterocycles. The van der Waals surface area contributed by atoms with Gasteiger partial charge in [0.2, 0.25) is 0 Å². The molecule has 0 aliphatic carbocycles. The number of rotatable bonds is 6. The average Bonchev–Trinajstić information content (AvgIpc) is 4.02. The SMILES string of the molecule is c1ccc(-c2nc(-c3ccccc3)nc(-c3ccc4c5c6oc7c(-n8c9ccccc9c9cccc(-c%10ccccc%10)c98)cccc7c6ccc5n(-c5ccccc5)c4c3)n2)cc1. The van der Waals surface area contributed by atoms with Crippen LogP contribution in [0.15, 0.2) is 217 Å². The Kier molecular flexibility index (Phi) is 7.80. The summed E-state index contributed by atoms with van der Waals surface area (Å²) in [5.41, 5.74) is 13.2. The summed E-state index contributed by atoms with van der Waals surface area (Å²) in [6.45, 7) is 0. The Balaban J connectivity index is 1.08. The summed E-state index contributed by atoms with van der Waals surface area (Å²) in [4.78, 5) is 15.1. The minimum Gasteiger partial charge on any atom is -0.453 e. The van der Waals surface area contributed by atoms with E-state index >= 15 is 0 Å². The van der Waals surface area contributed by atoms with Crippen LogP contribution in [-0.4, -0.2) is 24.1 Å². The third kappa shape index (κ3) is 5.48. The third-order valence-electron chi connectivity index (χ3n) is 12.4. The van der Waals surface area contributed by atoms with E-state index in [1.807, 2.05) is 60.7 Å². The maximum Gasteiger partial charge on any atom is 0.164 e. The highest BCUT2D eigenvalue weighted by Gasteiger charge is 2.24. The van der Waals surface area contributed by atoms with Crippen LogP contribution in [-0.2, 0) is 0 Å². The lowest BCUT2D eigenvalue weighted by atomic mass is 10.0. The molecule has 0 aliphatic rings. The highest BCUT2D eigenvalue weighted by molar-refractivity contribution is 6.25. The molecule has 0 aliphatic heterocycles. The van der Waals surface area contributed by atoms with Crippen LogP contribution in [0.5, 0.6) is 0 Å². The number of aromatic nitrogens is 5. The second kappa shape index (κ2) is 14.0. The predicted octanol–water partition coefficient (Wildman–Crippen LogP) is 14.6. The largest absolute Gasteiger partial charge is 0.453 e. The highest BCUT2D eigenvalue weighted by Crippen LogP contribution is 2.45. The Labute approximate surface area is 361 Å². The first-order valence-electron chi connectivity index (χ1n) is 21.2. The van der Waals surface area contributed by atoms with E-state index in [4.69, 9.17) is 19.4 Å². The lowest BCUT2D eigenvalue weighted by Gasteiger charge is -2.12. The summed E-state index contributed by atoms with van der Waals surface area (Å²) in [5, 5.41) is 6.67. The van der Waals surface area contributed by atoms with Gasteiger partial charge in [-0.2, -0.15) is 0 Å². The van der Waals surface area contributed by atoms with Crippen LogP contribution >= 0.6 is 0 Å².